The van der Waals surface area contributed by atoms with Gasteiger partial charge in [0.2, 0.25) is 0 Å². The van der Waals surface area contributed by atoms with Gasteiger partial charge in [-0.2, -0.15) is 0 Å². The molecule has 2 aromatic carbocycles. The fraction of sp³-hybridized carbons (Fsp3) is 0.188. The van der Waals surface area contributed by atoms with Gasteiger partial charge in [-0.1, -0.05) is 41.9 Å². The summed E-state index contributed by atoms with van der Waals surface area (Å²) in [6, 6.07) is 12.9. The molecule has 0 spiro atoms. The number of methoxy groups -OCH3 is 1. The number of benzene rings is 2. The van der Waals surface area contributed by atoms with Crippen molar-refractivity contribution in [3.8, 4) is 16.9 Å². The minimum atomic E-state index is -0.878. The Labute approximate surface area is 122 Å². The highest BCUT2D eigenvalue weighted by atomic mass is 35.5. The maximum absolute atomic E-state index is 11.2. The van der Waals surface area contributed by atoms with E-state index in [2.05, 4.69) is 0 Å². The van der Waals surface area contributed by atoms with E-state index in [4.69, 9.17) is 16.3 Å². The molecule has 4 heteroatoms. The number of carboxylic acid groups (broad SMARTS) is 1. The number of halogens is 1. The number of hydrogen-bond donors (Lipinski definition) is 1. The zero-order valence-electron chi connectivity index (χ0n) is 11.3. The highest BCUT2D eigenvalue weighted by Gasteiger charge is 2.20. The molecular weight excluding hydrogens is 276 g/mol. The van der Waals surface area contributed by atoms with E-state index in [0.717, 1.165) is 11.1 Å². The summed E-state index contributed by atoms with van der Waals surface area (Å²) in [6.45, 7) is 1.64. The average Bonchev–Trinajstić information content (AvgIpc) is 2.46. The molecule has 104 valence electrons. The highest BCUT2D eigenvalue weighted by molar-refractivity contribution is 6.30. The van der Waals surface area contributed by atoms with Crippen LogP contribution in [0.3, 0.4) is 0 Å². The summed E-state index contributed by atoms with van der Waals surface area (Å²) in [4.78, 5) is 11.2. The van der Waals surface area contributed by atoms with Crippen LogP contribution in [0.15, 0.2) is 42.5 Å². The van der Waals surface area contributed by atoms with Crippen molar-refractivity contribution in [3.05, 3.63) is 53.1 Å². The molecule has 0 bridgehead atoms. The van der Waals surface area contributed by atoms with Crippen molar-refractivity contribution < 1.29 is 14.6 Å². The number of ether oxygens (including phenoxy) is 1. The van der Waals surface area contributed by atoms with Gasteiger partial charge < -0.3 is 9.84 Å². The van der Waals surface area contributed by atoms with Gasteiger partial charge in [0.25, 0.3) is 0 Å². The summed E-state index contributed by atoms with van der Waals surface area (Å²) in [5.74, 6) is -0.918. The normalized spacial score (nSPS) is 11.9. The van der Waals surface area contributed by atoms with Crippen LogP contribution in [-0.2, 0) is 4.79 Å². The second-order valence-corrected chi connectivity index (χ2v) is 4.93. The summed E-state index contributed by atoms with van der Waals surface area (Å²) < 4.78 is 5.44. The van der Waals surface area contributed by atoms with Crippen LogP contribution in [0.25, 0.3) is 11.1 Å². The second kappa shape index (κ2) is 5.97. The molecule has 1 N–H and O–H groups in total. The number of carbonyl (C=O) groups is 1. The van der Waals surface area contributed by atoms with Crippen molar-refractivity contribution in [2.45, 2.75) is 12.8 Å². The average molecular weight is 291 g/mol. The lowest BCUT2D eigenvalue weighted by Gasteiger charge is -2.16. The minimum Gasteiger partial charge on any atom is -0.496 e. The molecule has 0 fully saturated rings. The molecule has 0 aromatic heterocycles. The molecule has 0 radical (unpaired) electrons. The lowest BCUT2D eigenvalue weighted by atomic mass is 9.94. The molecule has 0 amide bonds. The lowest BCUT2D eigenvalue weighted by molar-refractivity contribution is -0.138. The van der Waals surface area contributed by atoms with Crippen LogP contribution in [0.5, 0.6) is 5.75 Å². The summed E-state index contributed by atoms with van der Waals surface area (Å²) in [5, 5.41) is 9.84. The third-order valence-corrected chi connectivity index (χ3v) is 3.49. The minimum absolute atomic E-state index is 0.588. The van der Waals surface area contributed by atoms with Crippen LogP contribution in [0.4, 0.5) is 0 Å². The van der Waals surface area contributed by atoms with E-state index in [-0.39, 0.29) is 0 Å². The molecule has 3 nitrogen and oxygen atoms in total. The summed E-state index contributed by atoms with van der Waals surface area (Å²) in [6.07, 6.45) is 0. The monoisotopic (exact) mass is 290 g/mol. The maximum atomic E-state index is 11.2. The molecule has 0 aliphatic carbocycles. The third kappa shape index (κ3) is 2.78. The first-order chi connectivity index (χ1) is 9.54. The van der Waals surface area contributed by atoms with Crippen LogP contribution in [-0.4, -0.2) is 18.2 Å². The van der Waals surface area contributed by atoms with E-state index < -0.39 is 11.9 Å². The lowest BCUT2D eigenvalue weighted by Crippen LogP contribution is -2.09. The van der Waals surface area contributed by atoms with Crippen molar-refractivity contribution in [2.75, 3.05) is 7.11 Å². The van der Waals surface area contributed by atoms with Crippen molar-refractivity contribution >= 4 is 17.6 Å². The largest absolute Gasteiger partial charge is 0.496 e. The molecule has 1 atom stereocenters. The standard InChI is InChI=1S/C16H15ClO3/c1-10(16(18)19)13-4-3-5-14(15(13)20-2)11-6-8-12(17)9-7-11/h3-10H,1-2H3,(H,18,19). The van der Waals surface area contributed by atoms with Gasteiger partial charge in [0.05, 0.1) is 13.0 Å². The molecule has 1 unspecified atom stereocenters. The Hall–Kier alpha value is -2.00. The van der Waals surface area contributed by atoms with Crippen molar-refractivity contribution in [3.63, 3.8) is 0 Å². The molecule has 0 saturated heterocycles. The van der Waals surface area contributed by atoms with E-state index in [0.29, 0.717) is 16.3 Å². The molecule has 0 aliphatic rings. The number of para-hydroxylation sites is 1. The molecule has 0 heterocycles. The number of aliphatic carboxylic acids is 1. The maximum Gasteiger partial charge on any atom is 0.310 e. The van der Waals surface area contributed by atoms with E-state index >= 15 is 0 Å². The van der Waals surface area contributed by atoms with E-state index in [1.807, 2.05) is 24.3 Å². The van der Waals surface area contributed by atoms with Gasteiger partial charge in [0.1, 0.15) is 5.75 Å². The SMILES string of the molecule is COc1c(-c2ccc(Cl)cc2)cccc1C(C)C(=O)O. The van der Waals surface area contributed by atoms with Crippen molar-refractivity contribution in [1.29, 1.82) is 0 Å². The Morgan fingerprint density at radius 2 is 1.85 bits per heavy atom. The number of carboxylic acids is 1. The first kappa shape index (κ1) is 14.4. The quantitative estimate of drug-likeness (QED) is 0.918. The fourth-order valence-electron chi connectivity index (χ4n) is 2.11. The van der Waals surface area contributed by atoms with Gasteiger partial charge in [-0.05, 0) is 24.6 Å². The van der Waals surface area contributed by atoms with Gasteiger partial charge in [-0.3, -0.25) is 4.79 Å². The van der Waals surface area contributed by atoms with Gasteiger partial charge in [0.15, 0.2) is 0 Å². The Balaban J connectivity index is 2.57. The van der Waals surface area contributed by atoms with Crippen LogP contribution >= 0.6 is 11.6 Å². The van der Waals surface area contributed by atoms with Crippen LogP contribution < -0.4 is 4.74 Å². The van der Waals surface area contributed by atoms with Crippen molar-refractivity contribution in [2.24, 2.45) is 0 Å². The molecule has 0 saturated carbocycles. The first-order valence-corrected chi connectivity index (χ1v) is 6.58. The predicted molar refractivity (Wildman–Crippen MR) is 79.5 cm³/mol. The summed E-state index contributed by atoms with van der Waals surface area (Å²) in [5.41, 5.74) is 2.45. The summed E-state index contributed by atoms with van der Waals surface area (Å²) >= 11 is 5.89. The van der Waals surface area contributed by atoms with E-state index in [1.54, 1.807) is 32.2 Å². The van der Waals surface area contributed by atoms with Crippen molar-refractivity contribution in [1.82, 2.24) is 0 Å². The predicted octanol–water partition coefficient (Wildman–Crippen LogP) is 4.20. The van der Waals surface area contributed by atoms with E-state index in [9.17, 15) is 9.90 Å². The topological polar surface area (TPSA) is 46.5 Å². The Bertz CT molecular complexity index is 620. The van der Waals surface area contributed by atoms with E-state index in [1.165, 1.54) is 0 Å². The third-order valence-electron chi connectivity index (χ3n) is 3.24. The zero-order chi connectivity index (χ0) is 14.7. The van der Waals surface area contributed by atoms with Crippen LogP contribution in [0.2, 0.25) is 5.02 Å². The number of hydrogen-bond acceptors (Lipinski definition) is 2. The Morgan fingerprint density at radius 1 is 1.20 bits per heavy atom. The van der Waals surface area contributed by atoms with Crippen LogP contribution in [0.1, 0.15) is 18.4 Å². The van der Waals surface area contributed by atoms with Gasteiger partial charge in [-0.15, -0.1) is 0 Å². The molecular formula is C16H15ClO3. The Morgan fingerprint density at radius 3 is 2.40 bits per heavy atom. The van der Waals surface area contributed by atoms with Gasteiger partial charge in [0, 0.05) is 16.1 Å². The highest BCUT2D eigenvalue weighted by Crippen LogP contribution is 2.37. The first-order valence-electron chi connectivity index (χ1n) is 6.20. The molecule has 2 aromatic rings. The second-order valence-electron chi connectivity index (χ2n) is 4.49. The number of rotatable bonds is 4. The summed E-state index contributed by atoms with van der Waals surface area (Å²) in [7, 11) is 1.55. The van der Waals surface area contributed by atoms with Gasteiger partial charge >= 0.3 is 5.97 Å². The smallest absolute Gasteiger partial charge is 0.310 e. The van der Waals surface area contributed by atoms with Gasteiger partial charge in [-0.25, -0.2) is 0 Å². The Kier molecular flexibility index (Phi) is 4.30. The zero-order valence-corrected chi connectivity index (χ0v) is 12.0. The molecule has 0 aliphatic heterocycles. The fourth-order valence-corrected chi connectivity index (χ4v) is 2.24. The molecule has 2 rings (SSSR count). The molecule has 20 heavy (non-hydrogen) atoms. The van der Waals surface area contributed by atoms with Crippen LogP contribution in [0, 0.1) is 0 Å².